The molecule has 2 amide bonds. The fourth-order valence-corrected chi connectivity index (χ4v) is 6.18. The maximum Gasteiger partial charge on any atom is 0.471 e. The lowest BCUT2D eigenvalue weighted by molar-refractivity contribution is -0.173. The summed E-state index contributed by atoms with van der Waals surface area (Å²) in [6.45, 7) is 2.19. The lowest BCUT2D eigenvalue weighted by Crippen LogP contribution is -2.44. The lowest BCUT2D eigenvalue weighted by atomic mass is 9.85. The van der Waals surface area contributed by atoms with Crippen LogP contribution in [0.3, 0.4) is 0 Å². The number of ether oxygens (including phenoxy) is 1. The van der Waals surface area contributed by atoms with Gasteiger partial charge in [-0.05, 0) is 42.5 Å². The van der Waals surface area contributed by atoms with Crippen LogP contribution in [0.25, 0.3) is 0 Å². The fraction of sp³-hybridized carbons (Fsp3) is 0.483. The van der Waals surface area contributed by atoms with Gasteiger partial charge >= 0.3 is 12.1 Å². The maximum atomic E-state index is 13.3. The first-order valence-corrected chi connectivity index (χ1v) is 15.2. The van der Waals surface area contributed by atoms with Gasteiger partial charge in [-0.15, -0.1) is 0 Å². The van der Waals surface area contributed by atoms with Crippen LogP contribution in [0.15, 0.2) is 54.6 Å². The Labute approximate surface area is 243 Å². The fourth-order valence-electron chi connectivity index (χ4n) is 5.00. The maximum absolute atomic E-state index is 13.3. The molecule has 0 bridgehead atoms. The van der Waals surface area contributed by atoms with E-state index in [1.807, 2.05) is 6.07 Å². The number of carbonyl (C=O) groups excluding carboxylic acids is 3. The van der Waals surface area contributed by atoms with Crippen molar-refractivity contribution in [1.29, 1.82) is 0 Å². The van der Waals surface area contributed by atoms with Crippen molar-refractivity contribution in [2.24, 2.45) is 11.8 Å². The van der Waals surface area contributed by atoms with Gasteiger partial charge in [-0.25, -0.2) is 8.42 Å². The van der Waals surface area contributed by atoms with Gasteiger partial charge in [0, 0.05) is 38.0 Å². The molecule has 1 heterocycles. The van der Waals surface area contributed by atoms with Crippen LogP contribution in [0, 0.1) is 11.8 Å². The zero-order valence-corrected chi connectivity index (χ0v) is 24.3. The molecule has 2 aromatic carbocycles. The van der Waals surface area contributed by atoms with Gasteiger partial charge in [0.1, 0.15) is 5.78 Å². The Morgan fingerprint density at radius 2 is 1.67 bits per heavy atom. The standard InChI is InChI=1S/C29H36F3N3O6S/c1-19(26(41-2)24-9-6-14-33-24)25(36)16-23(15-20-7-4-3-5-8-20)27(37)35-42(39,40)18-22-12-10-21(11-13-22)17-34-28(38)29(30,31)32/h3-5,7-8,10-13,19,23-24,26,33H,6,9,14-18H2,1-2H3,(H,34,38)(H,35,37)/t19-,23+,24-,26+/m0/s1. The average Bonchev–Trinajstić information content (AvgIpc) is 3.46. The molecule has 9 nitrogen and oxygen atoms in total. The van der Waals surface area contributed by atoms with Crippen molar-refractivity contribution in [1.82, 2.24) is 15.4 Å². The van der Waals surface area contributed by atoms with Crippen molar-refractivity contribution in [2.75, 3.05) is 13.7 Å². The minimum absolute atomic E-state index is 0.0167. The van der Waals surface area contributed by atoms with Crippen LogP contribution in [0.1, 0.15) is 42.9 Å². The average molecular weight is 612 g/mol. The van der Waals surface area contributed by atoms with Gasteiger partial charge < -0.3 is 15.4 Å². The Bertz CT molecular complexity index is 1310. The first kappa shape index (κ1) is 33.2. The van der Waals surface area contributed by atoms with E-state index in [4.69, 9.17) is 4.74 Å². The van der Waals surface area contributed by atoms with Crippen molar-refractivity contribution < 1.29 is 40.7 Å². The number of Topliss-reactive ketones (excluding diaryl/α,β-unsaturated/α-hetero) is 1. The summed E-state index contributed by atoms with van der Waals surface area (Å²) in [6.07, 6.45) is -3.58. The molecule has 0 saturated carbocycles. The number of methoxy groups -OCH3 is 1. The third kappa shape index (κ3) is 9.92. The molecule has 2 aromatic rings. The zero-order chi connectivity index (χ0) is 30.9. The van der Waals surface area contributed by atoms with E-state index in [9.17, 15) is 36.0 Å². The van der Waals surface area contributed by atoms with Gasteiger partial charge in [-0.3, -0.25) is 19.1 Å². The summed E-state index contributed by atoms with van der Waals surface area (Å²) >= 11 is 0. The molecule has 13 heteroatoms. The normalized spacial score (nSPS) is 17.7. The molecule has 0 radical (unpaired) electrons. The van der Waals surface area contributed by atoms with Crippen molar-refractivity contribution >= 4 is 27.6 Å². The predicted octanol–water partition coefficient (Wildman–Crippen LogP) is 3.03. The number of hydrogen-bond donors (Lipinski definition) is 3. The molecule has 1 saturated heterocycles. The highest BCUT2D eigenvalue weighted by atomic mass is 32.2. The summed E-state index contributed by atoms with van der Waals surface area (Å²) in [4.78, 5) is 37.6. The SMILES string of the molecule is CO[C@@H]([C@@H]1CCCN1)[C@@H](C)C(=O)C[C@@H](Cc1ccccc1)C(=O)NS(=O)(=O)Cc1ccc(CNC(=O)C(F)(F)F)cc1. The number of nitrogens with one attached hydrogen (secondary N) is 3. The summed E-state index contributed by atoms with van der Waals surface area (Å²) in [5.41, 5.74) is 1.37. The third-order valence-electron chi connectivity index (χ3n) is 7.26. The van der Waals surface area contributed by atoms with Crippen LogP contribution in [0.4, 0.5) is 13.2 Å². The minimum Gasteiger partial charge on any atom is -0.379 e. The molecule has 0 aromatic heterocycles. The van der Waals surface area contributed by atoms with Crippen molar-refractivity contribution in [3.8, 4) is 0 Å². The monoisotopic (exact) mass is 611 g/mol. The van der Waals surface area contributed by atoms with E-state index in [2.05, 4.69) is 10.0 Å². The molecule has 42 heavy (non-hydrogen) atoms. The molecular weight excluding hydrogens is 575 g/mol. The quantitative estimate of drug-likeness (QED) is 0.299. The van der Waals surface area contributed by atoms with E-state index >= 15 is 0 Å². The van der Waals surface area contributed by atoms with Gasteiger partial charge in [-0.1, -0.05) is 61.5 Å². The van der Waals surface area contributed by atoms with Crippen LogP contribution >= 0.6 is 0 Å². The van der Waals surface area contributed by atoms with Crippen LogP contribution in [-0.4, -0.2) is 58.0 Å². The number of amides is 2. The highest BCUT2D eigenvalue weighted by molar-refractivity contribution is 7.89. The molecule has 3 rings (SSSR count). The second-order valence-corrected chi connectivity index (χ2v) is 12.2. The number of ketones is 1. The molecule has 1 fully saturated rings. The Hall–Kier alpha value is -3.29. The second-order valence-electron chi connectivity index (χ2n) is 10.5. The van der Waals surface area contributed by atoms with Crippen LogP contribution < -0.4 is 15.4 Å². The smallest absolute Gasteiger partial charge is 0.379 e. The van der Waals surface area contributed by atoms with Crippen molar-refractivity contribution in [3.63, 3.8) is 0 Å². The van der Waals surface area contributed by atoms with Gasteiger partial charge in [0.25, 0.3) is 0 Å². The van der Waals surface area contributed by atoms with E-state index in [0.29, 0.717) is 5.56 Å². The highest BCUT2D eigenvalue weighted by Gasteiger charge is 2.38. The van der Waals surface area contributed by atoms with Gasteiger partial charge in [0.15, 0.2) is 0 Å². The van der Waals surface area contributed by atoms with Crippen LogP contribution in [-0.2, 0) is 47.9 Å². The second kappa shape index (κ2) is 14.7. The lowest BCUT2D eigenvalue weighted by Gasteiger charge is -2.28. The predicted molar refractivity (Wildman–Crippen MR) is 149 cm³/mol. The minimum atomic E-state index is -5.01. The number of halogens is 3. The molecule has 4 atom stereocenters. The summed E-state index contributed by atoms with van der Waals surface area (Å²) in [7, 11) is -2.64. The molecule has 1 aliphatic rings. The van der Waals surface area contributed by atoms with Crippen LogP contribution in [0.2, 0.25) is 0 Å². The zero-order valence-electron chi connectivity index (χ0n) is 23.4. The number of sulfonamides is 1. The Kier molecular flexibility index (Phi) is 11.7. The topological polar surface area (TPSA) is 131 Å². The van der Waals surface area contributed by atoms with E-state index in [-0.39, 0.29) is 36.3 Å². The number of benzene rings is 2. The number of hydrogen-bond acceptors (Lipinski definition) is 7. The number of alkyl halides is 3. The van der Waals surface area contributed by atoms with E-state index in [1.165, 1.54) is 24.3 Å². The molecule has 0 aliphatic carbocycles. The first-order valence-electron chi connectivity index (χ1n) is 13.6. The van der Waals surface area contributed by atoms with E-state index < -0.39 is 52.1 Å². The molecule has 0 spiro atoms. The van der Waals surface area contributed by atoms with E-state index in [0.717, 1.165) is 24.9 Å². The van der Waals surface area contributed by atoms with Crippen molar-refractivity contribution in [3.05, 3.63) is 71.3 Å². The first-order chi connectivity index (χ1) is 19.8. The van der Waals surface area contributed by atoms with Crippen molar-refractivity contribution in [2.45, 2.75) is 63.2 Å². The van der Waals surface area contributed by atoms with Crippen LogP contribution in [0.5, 0.6) is 0 Å². The molecule has 3 N–H and O–H groups in total. The molecule has 230 valence electrons. The number of rotatable bonds is 14. The van der Waals surface area contributed by atoms with Gasteiger partial charge in [0.2, 0.25) is 15.9 Å². The van der Waals surface area contributed by atoms with Gasteiger partial charge in [0.05, 0.1) is 11.9 Å². The molecule has 0 unspecified atom stereocenters. The summed E-state index contributed by atoms with van der Waals surface area (Å²) < 4.78 is 70.6. The largest absolute Gasteiger partial charge is 0.471 e. The third-order valence-corrected chi connectivity index (χ3v) is 8.48. The van der Waals surface area contributed by atoms with Gasteiger partial charge in [-0.2, -0.15) is 13.2 Å². The molecular formula is C29H36F3N3O6S. The highest BCUT2D eigenvalue weighted by Crippen LogP contribution is 2.24. The Morgan fingerprint density at radius 1 is 1.02 bits per heavy atom. The Balaban J connectivity index is 1.67. The summed E-state index contributed by atoms with van der Waals surface area (Å²) in [5, 5.41) is 5.07. The summed E-state index contributed by atoms with van der Waals surface area (Å²) in [5.74, 6) is -5.15. The van der Waals surface area contributed by atoms with E-state index in [1.54, 1.807) is 43.6 Å². The molecule has 1 aliphatic heterocycles. The summed E-state index contributed by atoms with van der Waals surface area (Å²) in [6, 6.07) is 14.5. The number of carbonyl (C=O) groups is 3. The Morgan fingerprint density at radius 3 is 2.24 bits per heavy atom.